The van der Waals surface area contributed by atoms with Gasteiger partial charge in [-0.1, -0.05) is 45.4 Å². The molecule has 0 aromatic carbocycles. The first-order chi connectivity index (χ1) is 26.9. The second-order valence-corrected chi connectivity index (χ2v) is 17.9. The first-order valence-corrected chi connectivity index (χ1v) is 21.7. The van der Waals surface area contributed by atoms with Crippen LogP contribution in [0.4, 0.5) is 0 Å². The Balaban J connectivity index is 0.00000620. The number of likely N-dealkylation sites (N-methyl/N-ethyl adjacent to an activating group) is 1. The lowest BCUT2D eigenvalue weighted by molar-refractivity contribution is -0.913. The Morgan fingerprint density at radius 1 is 0.947 bits per heavy atom. The molecule has 0 bridgehead atoms. The van der Waals surface area contributed by atoms with Crippen molar-refractivity contribution in [2.75, 3.05) is 67.6 Å². The molecule has 1 saturated carbocycles. The molecule has 0 unspecified atom stereocenters. The Kier molecular flexibility index (Phi) is 17.1. The van der Waals surface area contributed by atoms with Gasteiger partial charge in [-0.3, -0.25) is 19.3 Å². The highest BCUT2D eigenvalue weighted by Crippen LogP contribution is 2.54. The van der Waals surface area contributed by atoms with Crippen LogP contribution in [-0.2, 0) is 47.5 Å². The maximum atomic E-state index is 14.7. The number of ether oxygens (including phenoxy) is 7. The number of quaternary nitrogens is 1. The number of methoxy groups -OCH3 is 3. The summed E-state index contributed by atoms with van der Waals surface area (Å²) in [7, 11) is 7.27. The summed E-state index contributed by atoms with van der Waals surface area (Å²) in [5.41, 5.74) is 0.686. The molecule has 3 heterocycles. The van der Waals surface area contributed by atoms with Gasteiger partial charge in [0.2, 0.25) is 0 Å². The van der Waals surface area contributed by atoms with Crippen LogP contribution in [0.2, 0.25) is 0 Å². The lowest BCUT2D eigenvalue weighted by Crippen LogP contribution is -3.00. The Morgan fingerprint density at radius 2 is 1.67 bits per heavy atom. The Bertz CT molecular complexity index is 1420. The number of carbonyl (C=O) groups excluding carboxylic acids is 3. The number of unbranched alkanes of at least 4 members (excludes halogenated alkanes) is 1. The van der Waals surface area contributed by atoms with E-state index in [0.29, 0.717) is 31.3 Å². The van der Waals surface area contributed by atoms with E-state index in [1.165, 1.54) is 19.4 Å². The van der Waals surface area contributed by atoms with Crippen LogP contribution in [0.1, 0.15) is 85.5 Å². The summed E-state index contributed by atoms with van der Waals surface area (Å²) in [6.45, 7) is 13.3. The standard InChI is InChI=1S/C44H71N2O10.HI/c1-9-11-19-46(5)20-17-45(18-21-46)26-39(48)56-37-14-12-13-30(10-2)54-38(47)25-35-32-16-15-29-22-31(23-33(29)34(32)24-36(35)40(49)27(37)3)55-44-43(52-8)42(51-7)41(50-6)28(4)53-44;/h15-16,24,27-35,37,41-44H,9-14,17-23,25-26H2,1-8H3;1H/q+1;/p-1/t27-,28+,29-,30+,31-,32-,33-,34-,35+,37+,41+,42-,43-,44+;/m1./s1. The third kappa shape index (κ3) is 10.7. The van der Waals surface area contributed by atoms with Crippen molar-refractivity contribution in [3.63, 3.8) is 0 Å². The van der Waals surface area contributed by atoms with Crippen LogP contribution in [0.3, 0.4) is 0 Å². The van der Waals surface area contributed by atoms with Crippen molar-refractivity contribution in [1.82, 2.24) is 4.90 Å². The zero-order valence-electron chi connectivity index (χ0n) is 35.8. The third-order valence-electron chi connectivity index (χ3n) is 14.3. The van der Waals surface area contributed by atoms with Gasteiger partial charge in [-0.2, -0.15) is 0 Å². The molecule has 3 aliphatic heterocycles. The normalized spacial score (nSPS) is 39.7. The average Bonchev–Trinajstić information content (AvgIpc) is 3.76. The van der Waals surface area contributed by atoms with E-state index in [1.54, 1.807) is 21.3 Å². The quantitative estimate of drug-likeness (QED) is 0.124. The molecule has 324 valence electrons. The molecule has 6 aliphatic rings. The summed E-state index contributed by atoms with van der Waals surface area (Å²) in [5, 5.41) is 0. The van der Waals surface area contributed by atoms with E-state index in [-0.39, 0.29) is 115 Å². The molecule has 0 amide bonds. The maximum absolute atomic E-state index is 14.7. The number of halogens is 1. The summed E-state index contributed by atoms with van der Waals surface area (Å²) in [4.78, 5) is 43.9. The van der Waals surface area contributed by atoms with Crippen molar-refractivity contribution >= 4 is 17.7 Å². The van der Waals surface area contributed by atoms with E-state index in [1.807, 2.05) is 20.8 Å². The van der Waals surface area contributed by atoms with E-state index in [9.17, 15) is 14.4 Å². The predicted octanol–water partition coefficient (Wildman–Crippen LogP) is 2.13. The van der Waals surface area contributed by atoms with Gasteiger partial charge in [0.05, 0.1) is 57.8 Å². The number of allylic oxidation sites excluding steroid dienone is 4. The number of cyclic esters (lactones) is 1. The first-order valence-electron chi connectivity index (χ1n) is 21.7. The van der Waals surface area contributed by atoms with Crippen LogP contribution in [0.15, 0.2) is 23.8 Å². The van der Waals surface area contributed by atoms with Crippen LogP contribution in [0.25, 0.3) is 0 Å². The van der Waals surface area contributed by atoms with E-state index >= 15 is 0 Å². The molecule has 0 aromatic heterocycles. The molecule has 0 N–H and O–H groups in total. The minimum absolute atomic E-state index is 0. The third-order valence-corrected chi connectivity index (χ3v) is 14.3. The van der Waals surface area contributed by atoms with Crippen molar-refractivity contribution in [3.05, 3.63) is 23.8 Å². The van der Waals surface area contributed by atoms with Gasteiger partial charge in [0.15, 0.2) is 12.1 Å². The highest BCUT2D eigenvalue weighted by molar-refractivity contribution is 5.99. The molecule has 4 fully saturated rings. The van der Waals surface area contributed by atoms with E-state index in [2.05, 4.69) is 37.1 Å². The molecular formula is C44H71IN2O10. The van der Waals surface area contributed by atoms with Crippen LogP contribution in [0.5, 0.6) is 0 Å². The number of esters is 2. The van der Waals surface area contributed by atoms with Crippen molar-refractivity contribution in [1.29, 1.82) is 0 Å². The largest absolute Gasteiger partial charge is 1.00 e. The number of rotatable bonds is 12. The fourth-order valence-electron chi connectivity index (χ4n) is 10.8. The Morgan fingerprint density at radius 3 is 2.33 bits per heavy atom. The highest BCUT2D eigenvalue weighted by Gasteiger charge is 2.52. The molecule has 14 atom stereocenters. The molecule has 0 aromatic rings. The van der Waals surface area contributed by atoms with Gasteiger partial charge in [-0.25, -0.2) is 0 Å². The number of ketones is 1. The molecule has 3 aliphatic carbocycles. The van der Waals surface area contributed by atoms with Crippen molar-refractivity contribution in [3.8, 4) is 0 Å². The number of hydrogen-bond acceptors (Lipinski definition) is 11. The van der Waals surface area contributed by atoms with Gasteiger partial charge in [-0.05, 0) is 81.1 Å². The zero-order valence-corrected chi connectivity index (χ0v) is 37.9. The topological polar surface area (TPSA) is 119 Å². The van der Waals surface area contributed by atoms with Crippen LogP contribution in [-0.4, -0.2) is 144 Å². The van der Waals surface area contributed by atoms with Crippen LogP contribution in [0, 0.1) is 35.5 Å². The molecule has 12 nitrogen and oxygen atoms in total. The second-order valence-electron chi connectivity index (χ2n) is 17.9. The smallest absolute Gasteiger partial charge is 0.320 e. The summed E-state index contributed by atoms with van der Waals surface area (Å²) < 4.78 is 43.7. The van der Waals surface area contributed by atoms with Gasteiger partial charge < -0.3 is 61.6 Å². The fourth-order valence-corrected chi connectivity index (χ4v) is 10.8. The molecule has 0 spiro atoms. The van der Waals surface area contributed by atoms with Gasteiger partial charge in [0.25, 0.3) is 0 Å². The van der Waals surface area contributed by atoms with Crippen molar-refractivity contribution < 1.29 is 76.0 Å². The lowest BCUT2D eigenvalue weighted by atomic mass is 9.70. The number of hydrogen-bond donors (Lipinski definition) is 0. The van der Waals surface area contributed by atoms with E-state index < -0.39 is 24.4 Å². The number of Topliss-reactive ketones (excluding diaryl/α,β-unsaturated/α-hetero) is 1. The van der Waals surface area contributed by atoms with E-state index in [4.69, 9.17) is 33.2 Å². The van der Waals surface area contributed by atoms with Gasteiger partial charge in [0, 0.05) is 40.3 Å². The summed E-state index contributed by atoms with van der Waals surface area (Å²) in [6, 6.07) is 0. The minimum Gasteiger partial charge on any atom is -1.00 e. The highest BCUT2D eigenvalue weighted by atomic mass is 127. The Hall–Kier alpha value is -1.46. The van der Waals surface area contributed by atoms with Crippen LogP contribution < -0.4 is 24.0 Å². The van der Waals surface area contributed by atoms with Crippen molar-refractivity contribution in [2.45, 2.75) is 135 Å². The van der Waals surface area contributed by atoms with Gasteiger partial charge in [-0.15, -0.1) is 0 Å². The molecular weight excluding hydrogens is 843 g/mol. The monoisotopic (exact) mass is 914 g/mol. The number of piperazine rings is 1. The predicted molar refractivity (Wildman–Crippen MR) is 210 cm³/mol. The first kappa shape index (κ1) is 46.6. The summed E-state index contributed by atoms with van der Waals surface area (Å²) in [5.74, 6) is -0.784. The van der Waals surface area contributed by atoms with Crippen molar-refractivity contribution in [2.24, 2.45) is 35.5 Å². The molecule has 3 saturated heterocycles. The minimum atomic E-state index is -0.614. The summed E-state index contributed by atoms with van der Waals surface area (Å²) in [6.07, 6.45) is 10.7. The second kappa shape index (κ2) is 20.9. The molecule has 13 heteroatoms. The van der Waals surface area contributed by atoms with Crippen LogP contribution >= 0.6 is 0 Å². The lowest BCUT2D eigenvalue weighted by Gasteiger charge is -2.44. The van der Waals surface area contributed by atoms with Gasteiger partial charge >= 0.3 is 11.9 Å². The Labute approximate surface area is 358 Å². The number of fused-ring (bicyclic) bond motifs is 5. The van der Waals surface area contributed by atoms with E-state index in [0.717, 1.165) is 43.5 Å². The van der Waals surface area contributed by atoms with Gasteiger partial charge in [0.1, 0.15) is 30.5 Å². The average molecular weight is 915 g/mol. The SMILES string of the molecule is CCCC[N+]1(C)CCN(CC(=O)O[C@H]2CCC[C@H](CC)OC(=O)C[C@@H]3C(=C[C@@H]4[C@H]3C=C[C@@H]3C[C@@H](O[C@@H]5O[C@@H](C)[C@H](OC)[C@@H](OC)[C@H]5OC)C[C@@H]43)C(=O)[C@@H]2C)CC1.[I-]. The maximum Gasteiger partial charge on any atom is 0.320 e. The number of carbonyl (C=O) groups is 3. The molecule has 6 rings (SSSR count). The number of nitrogens with zero attached hydrogens (tertiary/aromatic N) is 2. The molecule has 57 heavy (non-hydrogen) atoms. The summed E-state index contributed by atoms with van der Waals surface area (Å²) >= 11 is 0. The zero-order chi connectivity index (χ0) is 40.1. The fraction of sp³-hybridized carbons (Fsp3) is 0.841. The molecule has 0 radical (unpaired) electrons.